The van der Waals surface area contributed by atoms with Crippen LogP contribution in [-0.2, 0) is 35.3 Å². The normalized spacial score (nSPS) is 18.5. The molecule has 1 amide bonds. The van der Waals surface area contributed by atoms with Crippen LogP contribution in [0.4, 0.5) is 13.2 Å². The standard InChI is InChI=1S/C40H41ClF3N5O6/c1-53-36-22(18-45-20-24-12-16-33(50)47-24)11-14-31(48-36)29-8-4-7-28(34(29)41)25-5-3-6-27-26(25)13-15-32(27)55-38-30(40(42,43)44)17-23(37(49-38)54-2)19-46-35(39(51)52)21-9-10-21/h3-8,11,14,17,21,24,32,35,45-46H,9-10,12-13,15-16,18-20H2,1-2H3,(H,47,50)(H,51,52)/t24-,32-,35-/m0/s1. The molecule has 3 heterocycles. The highest BCUT2D eigenvalue weighted by atomic mass is 35.5. The summed E-state index contributed by atoms with van der Waals surface area (Å²) in [5, 5.41) is 19.2. The number of halogens is 4. The van der Waals surface area contributed by atoms with Crippen molar-refractivity contribution in [2.75, 3.05) is 20.8 Å². The fourth-order valence-electron chi connectivity index (χ4n) is 7.43. The molecule has 3 atom stereocenters. The van der Waals surface area contributed by atoms with Crippen molar-refractivity contribution in [1.82, 2.24) is 25.9 Å². The lowest BCUT2D eigenvalue weighted by molar-refractivity contribution is -0.141. The van der Waals surface area contributed by atoms with Gasteiger partial charge >= 0.3 is 12.1 Å². The summed E-state index contributed by atoms with van der Waals surface area (Å²) in [5.74, 6) is -1.31. The van der Waals surface area contributed by atoms with Crippen LogP contribution in [0.3, 0.4) is 0 Å². The number of aliphatic carboxylic acids is 1. The Kier molecular flexibility index (Phi) is 11.2. The van der Waals surface area contributed by atoms with Crippen LogP contribution in [0.2, 0.25) is 5.02 Å². The van der Waals surface area contributed by atoms with Gasteiger partial charge in [-0.1, -0.05) is 54.1 Å². The van der Waals surface area contributed by atoms with E-state index < -0.39 is 35.7 Å². The molecule has 0 radical (unpaired) electrons. The molecular weight excluding hydrogens is 739 g/mol. The first kappa shape index (κ1) is 38.4. The second-order valence-corrected chi connectivity index (χ2v) is 14.4. The van der Waals surface area contributed by atoms with Crippen molar-refractivity contribution in [2.45, 2.75) is 76.0 Å². The van der Waals surface area contributed by atoms with Crippen molar-refractivity contribution in [3.63, 3.8) is 0 Å². The van der Waals surface area contributed by atoms with Gasteiger partial charge in [0.15, 0.2) is 0 Å². The second kappa shape index (κ2) is 16.0. The summed E-state index contributed by atoms with van der Waals surface area (Å²) in [4.78, 5) is 32.2. The Balaban J connectivity index is 1.12. The highest BCUT2D eigenvalue weighted by Gasteiger charge is 2.40. The minimum absolute atomic E-state index is 0.0644. The molecule has 4 aromatic rings. The molecule has 0 unspecified atom stereocenters. The Morgan fingerprint density at radius 3 is 2.35 bits per heavy atom. The molecule has 1 aliphatic heterocycles. The Morgan fingerprint density at radius 2 is 1.65 bits per heavy atom. The Hall–Kier alpha value is -4.92. The zero-order chi connectivity index (χ0) is 38.9. The minimum atomic E-state index is -4.80. The van der Waals surface area contributed by atoms with Crippen molar-refractivity contribution < 1.29 is 42.1 Å². The minimum Gasteiger partial charge on any atom is -0.481 e. The number of hydrogen-bond donors (Lipinski definition) is 4. The van der Waals surface area contributed by atoms with Gasteiger partial charge in [-0.2, -0.15) is 18.2 Å². The number of carboxylic acids is 1. The number of alkyl halides is 3. The molecule has 3 aliphatic rings. The molecule has 2 aromatic carbocycles. The summed E-state index contributed by atoms with van der Waals surface area (Å²) in [6.45, 7) is 0.957. The summed E-state index contributed by atoms with van der Waals surface area (Å²) in [7, 11) is 2.85. The number of carbonyl (C=O) groups is 2. The van der Waals surface area contributed by atoms with Gasteiger partial charge in [0, 0.05) is 54.4 Å². The zero-order valence-corrected chi connectivity index (χ0v) is 31.0. The SMILES string of the molecule is COc1nc(-c2cccc(-c3cccc4c3CC[C@@H]4Oc3nc(OC)c(CN[C@H](C(=O)O)C4CC4)cc3C(F)(F)F)c2Cl)ccc1CNC[C@@H]1CCC(=O)N1. The van der Waals surface area contributed by atoms with E-state index in [1.165, 1.54) is 7.11 Å². The number of nitrogens with one attached hydrogen (secondary N) is 3. The van der Waals surface area contributed by atoms with Crippen molar-refractivity contribution in [1.29, 1.82) is 0 Å². The lowest BCUT2D eigenvalue weighted by Crippen LogP contribution is -2.38. The second-order valence-electron chi connectivity index (χ2n) is 14.0. The molecule has 55 heavy (non-hydrogen) atoms. The van der Waals surface area contributed by atoms with Crippen LogP contribution in [-0.4, -0.2) is 59.8 Å². The van der Waals surface area contributed by atoms with E-state index in [0.29, 0.717) is 54.5 Å². The molecule has 0 spiro atoms. The summed E-state index contributed by atoms with van der Waals surface area (Å²) in [6.07, 6.45) is -1.80. The van der Waals surface area contributed by atoms with Crippen LogP contribution < -0.4 is 30.2 Å². The van der Waals surface area contributed by atoms with E-state index in [9.17, 15) is 27.9 Å². The molecular formula is C40H41ClF3N5O6. The number of methoxy groups -OCH3 is 2. The largest absolute Gasteiger partial charge is 0.481 e. The van der Waals surface area contributed by atoms with E-state index in [2.05, 4.69) is 20.9 Å². The number of nitrogens with zero attached hydrogens (tertiary/aromatic N) is 2. The number of fused-ring (bicyclic) bond motifs is 1. The van der Waals surface area contributed by atoms with Gasteiger partial charge in [0.2, 0.25) is 23.5 Å². The van der Waals surface area contributed by atoms with E-state index >= 15 is 0 Å². The predicted octanol–water partition coefficient (Wildman–Crippen LogP) is 6.89. The van der Waals surface area contributed by atoms with Crippen LogP contribution in [0, 0.1) is 5.92 Å². The van der Waals surface area contributed by atoms with Gasteiger partial charge in [-0.25, -0.2) is 4.98 Å². The number of ether oxygens (including phenoxy) is 3. The van der Waals surface area contributed by atoms with Gasteiger partial charge in [-0.3, -0.25) is 14.9 Å². The molecule has 2 aromatic heterocycles. The van der Waals surface area contributed by atoms with Crippen molar-refractivity contribution >= 4 is 23.5 Å². The van der Waals surface area contributed by atoms with Gasteiger partial charge in [-0.05, 0) is 66.8 Å². The molecule has 4 N–H and O–H groups in total. The Labute approximate surface area is 321 Å². The predicted molar refractivity (Wildman–Crippen MR) is 198 cm³/mol. The maximum Gasteiger partial charge on any atom is 0.421 e. The third kappa shape index (κ3) is 8.36. The zero-order valence-electron chi connectivity index (χ0n) is 30.3. The maximum absolute atomic E-state index is 14.5. The maximum atomic E-state index is 14.5. The summed E-state index contributed by atoms with van der Waals surface area (Å²) < 4.78 is 60.5. The molecule has 11 nitrogen and oxygen atoms in total. The van der Waals surface area contributed by atoms with Crippen molar-refractivity contribution in [2.24, 2.45) is 5.92 Å². The van der Waals surface area contributed by atoms with Crippen molar-refractivity contribution in [3.8, 4) is 40.0 Å². The molecule has 290 valence electrons. The van der Waals surface area contributed by atoms with E-state index in [0.717, 1.165) is 53.1 Å². The summed E-state index contributed by atoms with van der Waals surface area (Å²) >= 11 is 7.11. The number of benzene rings is 2. The average Bonchev–Trinajstić information content (AvgIpc) is 3.78. The topological polar surface area (TPSA) is 144 Å². The third-order valence-electron chi connectivity index (χ3n) is 10.4. The summed E-state index contributed by atoms with van der Waals surface area (Å²) in [5.41, 5.74) is 4.33. The van der Waals surface area contributed by atoms with E-state index in [1.54, 1.807) is 7.11 Å². The molecule has 0 bridgehead atoms. The Morgan fingerprint density at radius 1 is 0.927 bits per heavy atom. The van der Waals surface area contributed by atoms with Crippen molar-refractivity contribution in [3.05, 3.63) is 87.4 Å². The molecule has 7 rings (SSSR count). The molecule has 1 saturated heterocycles. The fraction of sp³-hybridized carbons (Fsp3) is 0.400. The lowest BCUT2D eigenvalue weighted by atomic mass is 9.94. The van der Waals surface area contributed by atoms with Crippen LogP contribution in [0.15, 0.2) is 54.6 Å². The first-order valence-corrected chi connectivity index (χ1v) is 18.6. The molecule has 15 heteroatoms. The monoisotopic (exact) mass is 779 g/mol. The first-order valence-electron chi connectivity index (χ1n) is 18.2. The third-order valence-corrected chi connectivity index (χ3v) is 10.8. The van der Waals surface area contributed by atoms with Crippen LogP contribution in [0.25, 0.3) is 22.4 Å². The van der Waals surface area contributed by atoms with Crippen LogP contribution in [0.5, 0.6) is 17.6 Å². The van der Waals surface area contributed by atoms with Gasteiger partial charge in [0.25, 0.3) is 0 Å². The van der Waals surface area contributed by atoms with Gasteiger partial charge < -0.3 is 30.0 Å². The van der Waals surface area contributed by atoms with E-state index in [1.807, 2.05) is 48.5 Å². The van der Waals surface area contributed by atoms with Crippen LogP contribution in [0.1, 0.15) is 66.0 Å². The van der Waals surface area contributed by atoms with E-state index in [-0.39, 0.29) is 35.9 Å². The Bertz CT molecular complexity index is 2100. The number of amides is 1. The van der Waals surface area contributed by atoms with Crippen LogP contribution >= 0.6 is 11.6 Å². The smallest absolute Gasteiger partial charge is 0.421 e. The lowest BCUT2D eigenvalue weighted by Gasteiger charge is -2.21. The molecule has 2 aliphatic carbocycles. The molecule has 2 fully saturated rings. The van der Waals surface area contributed by atoms with Gasteiger partial charge in [-0.15, -0.1) is 0 Å². The highest BCUT2D eigenvalue weighted by Crippen LogP contribution is 2.46. The molecule has 1 saturated carbocycles. The number of hydrogen-bond acceptors (Lipinski definition) is 9. The fourth-order valence-corrected chi connectivity index (χ4v) is 7.75. The first-order chi connectivity index (χ1) is 26.4. The number of carbonyl (C=O) groups excluding carboxylic acids is 1. The van der Waals surface area contributed by atoms with E-state index in [4.69, 9.17) is 30.8 Å². The number of rotatable bonds is 15. The quantitative estimate of drug-likeness (QED) is 0.101. The summed E-state index contributed by atoms with van der Waals surface area (Å²) in [6, 6.07) is 15.2. The number of aromatic nitrogens is 2. The number of carboxylic acid groups (broad SMARTS) is 1. The average molecular weight is 780 g/mol. The van der Waals surface area contributed by atoms with Gasteiger partial charge in [0.05, 0.1) is 24.9 Å². The highest BCUT2D eigenvalue weighted by molar-refractivity contribution is 6.36. The number of pyridine rings is 2. The van der Waals surface area contributed by atoms with Gasteiger partial charge in [0.1, 0.15) is 17.7 Å².